The standard InChI is InChI=1S/C10H17N/c1-9(2)6-4-8-10(3,11-8)5-7(6)9/h6-8,11H,4-5H2,1-3H3/t6-,7+,8-,10+/m1/s1. The fourth-order valence-corrected chi connectivity index (χ4v) is 3.32. The second-order valence-corrected chi connectivity index (χ2v) is 5.59. The van der Waals surface area contributed by atoms with E-state index in [9.17, 15) is 0 Å². The average molecular weight is 151 g/mol. The molecule has 4 atom stereocenters. The quantitative estimate of drug-likeness (QED) is 0.524. The van der Waals surface area contributed by atoms with E-state index in [2.05, 4.69) is 26.1 Å². The molecule has 1 aliphatic heterocycles. The van der Waals surface area contributed by atoms with Crippen LogP contribution in [-0.4, -0.2) is 11.6 Å². The Balaban J connectivity index is 1.85. The van der Waals surface area contributed by atoms with E-state index in [0.29, 0.717) is 11.0 Å². The minimum Gasteiger partial charge on any atom is -0.305 e. The third kappa shape index (κ3) is 0.618. The molecule has 0 amide bonds. The van der Waals surface area contributed by atoms with Gasteiger partial charge in [-0.15, -0.1) is 0 Å². The minimum absolute atomic E-state index is 0.564. The zero-order valence-corrected chi connectivity index (χ0v) is 7.65. The highest BCUT2D eigenvalue weighted by atomic mass is 15.2. The summed E-state index contributed by atoms with van der Waals surface area (Å²) in [6, 6.07) is 0.880. The number of rotatable bonds is 0. The molecule has 0 unspecified atom stereocenters. The summed E-state index contributed by atoms with van der Waals surface area (Å²) in [6.45, 7) is 7.27. The van der Waals surface area contributed by atoms with E-state index in [1.807, 2.05) is 0 Å². The molecule has 1 heteroatoms. The smallest absolute Gasteiger partial charge is 0.0313 e. The third-order valence-corrected chi connectivity index (χ3v) is 4.61. The Bertz CT molecular complexity index is 221. The lowest BCUT2D eigenvalue weighted by Crippen LogP contribution is -2.17. The molecule has 0 aromatic carbocycles. The molecule has 0 radical (unpaired) electrons. The largest absolute Gasteiger partial charge is 0.305 e. The second kappa shape index (κ2) is 1.39. The Labute approximate surface area is 68.6 Å². The summed E-state index contributed by atoms with van der Waals surface area (Å²) in [6.07, 6.45) is 2.89. The SMILES string of the molecule is CC1(C)[C@@H]2C[C@H]3N[C@@]3(C)C[C@@H]21. The molecule has 0 aromatic heterocycles. The molecule has 3 rings (SSSR count). The van der Waals surface area contributed by atoms with Crippen molar-refractivity contribution in [2.45, 2.75) is 45.2 Å². The molecule has 3 aliphatic rings. The Kier molecular flexibility index (Phi) is 0.820. The first kappa shape index (κ1) is 6.47. The summed E-state index contributed by atoms with van der Waals surface area (Å²) in [4.78, 5) is 0. The number of hydrogen-bond acceptors (Lipinski definition) is 1. The Morgan fingerprint density at radius 1 is 1.18 bits per heavy atom. The van der Waals surface area contributed by atoms with Gasteiger partial charge < -0.3 is 5.32 Å². The van der Waals surface area contributed by atoms with Gasteiger partial charge in [0.05, 0.1) is 0 Å². The van der Waals surface area contributed by atoms with Gasteiger partial charge in [-0.25, -0.2) is 0 Å². The maximum atomic E-state index is 3.61. The maximum absolute atomic E-state index is 3.61. The summed E-state index contributed by atoms with van der Waals surface area (Å²) in [5.41, 5.74) is 1.26. The van der Waals surface area contributed by atoms with E-state index in [1.54, 1.807) is 0 Å². The van der Waals surface area contributed by atoms with Crippen LogP contribution >= 0.6 is 0 Å². The van der Waals surface area contributed by atoms with E-state index < -0.39 is 0 Å². The zero-order chi connectivity index (χ0) is 7.85. The van der Waals surface area contributed by atoms with E-state index in [0.717, 1.165) is 17.9 Å². The molecule has 0 aromatic rings. The van der Waals surface area contributed by atoms with Crippen LogP contribution in [0.4, 0.5) is 0 Å². The van der Waals surface area contributed by atoms with Crippen LogP contribution < -0.4 is 5.32 Å². The number of hydrogen-bond donors (Lipinski definition) is 1. The highest BCUT2D eigenvalue weighted by molar-refractivity contribution is 5.24. The van der Waals surface area contributed by atoms with Crippen LogP contribution in [0.15, 0.2) is 0 Å². The van der Waals surface area contributed by atoms with Gasteiger partial charge in [0.2, 0.25) is 0 Å². The van der Waals surface area contributed by atoms with Gasteiger partial charge in [0.1, 0.15) is 0 Å². The highest BCUT2D eigenvalue weighted by Gasteiger charge is 2.68. The van der Waals surface area contributed by atoms with Crippen molar-refractivity contribution in [3.63, 3.8) is 0 Å². The van der Waals surface area contributed by atoms with E-state index in [-0.39, 0.29) is 0 Å². The van der Waals surface area contributed by atoms with Crippen LogP contribution in [0.5, 0.6) is 0 Å². The minimum atomic E-state index is 0.564. The molecule has 0 spiro atoms. The normalized spacial score (nSPS) is 63.0. The predicted molar refractivity (Wildman–Crippen MR) is 45.3 cm³/mol. The topological polar surface area (TPSA) is 21.9 Å². The van der Waals surface area contributed by atoms with Gasteiger partial charge in [0, 0.05) is 11.6 Å². The van der Waals surface area contributed by atoms with Crippen molar-refractivity contribution < 1.29 is 0 Å². The van der Waals surface area contributed by atoms with E-state index in [1.165, 1.54) is 12.8 Å². The molecule has 0 bridgehead atoms. The van der Waals surface area contributed by atoms with Gasteiger partial charge in [-0.2, -0.15) is 0 Å². The van der Waals surface area contributed by atoms with Crippen molar-refractivity contribution in [3.8, 4) is 0 Å². The van der Waals surface area contributed by atoms with Crippen molar-refractivity contribution in [1.29, 1.82) is 0 Å². The van der Waals surface area contributed by atoms with Crippen LogP contribution in [0.1, 0.15) is 33.6 Å². The van der Waals surface area contributed by atoms with Gasteiger partial charge in [-0.3, -0.25) is 0 Å². The molecule has 1 heterocycles. The van der Waals surface area contributed by atoms with Crippen molar-refractivity contribution >= 4 is 0 Å². The summed E-state index contributed by atoms with van der Waals surface area (Å²) in [7, 11) is 0. The summed E-state index contributed by atoms with van der Waals surface area (Å²) in [5, 5.41) is 3.61. The first-order valence-corrected chi connectivity index (χ1v) is 4.82. The molecule has 2 saturated carbocycles. The van der Waals surface area contributed by atoms with Gasteiger partial charge in [-0.05, 0) is 37.0 Å². The maximum Gasteiger partial charge on any atom is 0.0313 e. The average Bonchev–Trinajstić information content (AvgIpc) is 2.68. The molecular formula is C10H17N. The summed E-state index contributed by atoms with van der Waals surface area (Å²) >= 11 is 0. The summed E-state index contributed by atoms with van der Waals surface area (Å²) < 4.78 is 0. The lowest BCUT2D eigenvalue weighted by atomic mass is 9.91. The fraction of sp³-hybridized carbons (Fsp3) is 1.00. The third-order valence-electron chi connectivity index (χ3n) is 4.61. The molecule has 11 heavy (non-hydrogen) atoms. The predicted octanol–water partition coefficient (Wildman–Crippen LogP) is 1.78. The number of fused-ring (bicyclic) bond motifs is 2. The van der Waals surface area contributed by atoms with Crippen molar-refractivity contribution in [2.75, 3.05) is 0 Å². The first-order valence-electron chi connectivity index (χ1n) is 4.82. The van der Waals surface area contributed by atoms with Crippen LogP contribution in [0.3, 0.4) is 0 Å². The Hall–Kier alpha value is -0.0400. The fourth-order valence-electron chi connectivity index (χ4n) is 3.32. The van der Waals surface area contributed by atoms with Gasteiger partial charge >= 0.3 is 0 Å². The molecular weight excluding hydrogens is 134 g/mol. The molecule has 1 nitrogen and oxygen atoms in total. The molecule has 2 aliphatic carbocycles. The van der Waals surface area contributed by atoms with Crippen LogP contribution in [0, 0.1) is 17.3 Å². The van der Waals surface area contributed by atoms with E-state index in [4.69, 9.17) is 0 Å². The molecule has 1 saturated heterocycles. The highest BCUT2D eigenvalue weighted by Crippen LogP contribution is 2.68. The number of nitrogens with one attached hydrogen (secondary N) is 1. The van der Waals surface area contributed by atoms with Crippen LogP contribution in [-0.2, 0) is 0 Å². The van der Waals surface area contributed by atoms with Gasteiger partial charge in [0.25, 0.3) is 0 Å². The molecule has 3 fully saturated rings. The Morgan fingerprint density at radius 3 is 2.55 bits per heavy atom. The Morgan fingerprint density at radius 2 is 1.91 bits per heavy atom. The lowest BCUT2D eigenvalue weighted by Gasteiger charge is -2.12. The summed E-state index contributed by atoms with van der Waals surface area (Å²) in [5.74, 6) is 2.09. The second-order valence-electron chi connectivity index (χ2n) is 5.59. The van der Waals surface area contributed by atoms with Crippen molar-refractivity contribution in [3.05, 3.63) is 0 Å². The zero-order valence-electron chi connectivity index (χ0n) is 7.65. The van der Waals surface area contributed by atoms with Crippen LogP contribution in [0.25, 0.3) is 0 Å². The van der Waals surface area contributed by atoms with Crippen molar-refractivity contribution in [2.24, 2.45) is 17.3 Å². The molecule has 1 N–H and O–H groups in total. The van der Waals surface area contributed by atoms with Gasteiger partial charge in [0.15, 0.2) is 0 Å². The monoisotopic (exact) mass is 151 g/mol. The molecule has 62 valence electrons. The van der Waals surface area contributed by atoms with Crippen LogP contribution in [0.2, 0.25) is 0 Å². The van der Waals surface area contributed by atoms with Gasteiger partial charge in [-0.1, -0.05) is 13.8 Å². The first-order chi connectivity index (χ1) is 5.04. The lowest BCUT2D eigenvalue weighted by molar-refractivity contribution is 0.453. The van der Waals surface area contributed by atoms with Crippen molar-refractivity contribution in [1.82, 2.24) is 5.32 Å². The van der Waals surface area contributed by atoms with E-state index >= 15 is 0 Å².